The standard InChI is InChI=1S/C84H148N4O39.2H3N/c1-6-8-10-12-14-16-18-20-21-23-25-27-29-31-33-35-58(103)88-48(49(98)34-32-30-28-26-24-22-19-17-15-13-11-9-7-2)44-116-78-67(109)66(108)70(56(42-93)119-78)121-80-69(111)76(127-84(82(114)115)37-51(100)60(86-46(4)96)74(125-84)63(105)53(102)39-90)71(57(43-94)120-80)122-77-61(87-47(5)97)72(64(106)54(40-91)117-77)123-79-68(110)75(65(107)55(41-92)118-79)126-83(81(112)113)36-50(99)59(85-45(3)95)73(124-83)62(104)52(101)38-89;;/h32,34,48-57,59-80,89-94,98-102,104-111H,6-31,33,35-44H2,1-5H3,(H,85,95)(H,86,96)(H,87,97)(H,88,103)(H,112,113)(H,114,115);2*1H3/b34-32+;;/t48-,49+,50-,51-,52+,53+,54+,55+,56+,57+,59+,60+,61+,62+,63+,64-,65-,66+,67+,68+,69+,70+,71-,72+,73+,74+,75-,76+,77-,78+,79-,80-,83-,84-;;/m0../s1. The summed E-state index contributed by atoms with van der Waals surface area (Å²) in [4.78, 5) is 79.3. The highest BCUT2D eigenvalue weighted by atomic mass is 16.8. The first-order valence-electron chi connectivity index (χ1n) is 45.2. The van der Waals surface area contributed by atoms with Crippen molar-refractivity contribution in [2.24, 2.45) is 0 Å². The molecule has 0 spiro atoms. The van der Waals surface area contributed by atoms with E-state index in [4.69, 9.17) is 56.8 Å². The minimum Gasteiger partial charge on any atom is -0.544 e. The SMILES string of the molecule is CCCCCCCCCCCCC/C=C/[C@@H](O)[C@H](CO[C@@H]1O[C@H](CO)[C@@H](O[C@@H]2O[C@H](CO)[C@H](O[C@@H]3O[C@H](CO)[C@H](O)[C@H](O[C@@H]4O[C@H](CO)[C@H](O)[C@H](O[C@]5(C(=O)[O-])C[C@H](O)[C@@H](NC(C)=O)[C@H]([C@H](O)[C@H](O)CO)O5)[C@H]4O)[C@H]3NC(C)=O)[C@H](O[C@]3(C(=O)[O-])C[C@H](O)[C@@H](NC(C)=O)[C@H]([C@H](O)[C@H](O)CO)O3)[C@H]2O)[C@H](O)[C@H]1O)NC(=O)CCCCCCCCCCCCCCCCC.[NH4+].[NH4+]. The Kier molecular flexibility index (Phi) is 53.6. The van der Waals surface area contributed by atoms with Gasteiger partial charge in [0.25, 0.3) is 0 Å². The fourth-order valence-corrected chi connectivity index (χ4v) is 16.9. The number of amides is 4. The molecule has 4 amide bonds. The maximum absolute atomic E-state index is 13.9. The van der Waals surface area contributed by atoms with Crippen LogP contribution in [0.2, 0.25) is 0 Å². The lowest BCUT2D eigenvalue weighted by Crippen LogP contribution is -2.73. The lowest BCUT2D eigenvalue weighted by Gasteiger charge is -2.54. The molecule has 0 aromatic rings. The molecule has 6 rings (SSSR count). The van der Waals surface area contributed by atoms with Crippen LogP contribution in [-0.2, 0) is 85.6 Å². The number of quaternary nitrogens is 2. The Hall–Kier alpha value is -4.76. The Morgan fingerprint density at radius 1 is 0.419 bits per heavy atom. The first kappa shape index (κ1) is 117. The van der Waals surface area contributed by atoms with Crippen LogP contribution >= 0.6 is 0 Å². The number of carboxylic acid groups (broad SMARTS) is 2. The molecule has 6 saturated heterocycles. The summed E-state index contributed by atoms with van der Waals surface area (Å²) in [7, 11) is 0. The molecule has 6 heterocycles. The molecule has 6 aliphatic rings. The number of hydrogen-bond acceptors (Lipinski definition) is 39. The Balaban J connectivity index is 0.0000174. The van der Waals surface area contributed by atoms with Crippen LogP contribution in [0.25, 0.3) is 0 Å². The topological polar surface area (TPSA) is 765 Å². The molecule has 0 aliphatic carbocycles. The number of rotatable bonds is 59. The number of unbranched alkanes of at least 4 members (excludes halogenated alkanes) is 25. The van der Waals surface area contributed by atoms with E-state index in [1.165, 1.54) is 102 Å². The highest BCUT2D eigenvalue weighted by molar-refractivity contribution is 5.77. The highest BCUT2D eigenvalue weighted by Crippen LogP contribution is 2.43. The summed E-state index contributed by atoms with van der Waals surface area (Å²) in [5, 5.41) is 252. The maximum Gasteiger partial charge on any atom is 0.220 e. The predicted octanol–water partition coefficient (Wildman–Crippen LogP) is -5.79. The van der Waals surface area contributed by atoms with Crippen molar-refractivity contribution in [1.29, 1.82) is 0 Å². The fraction of sp³-hybridized carbons (Fsp3) is 0.905. The zero-order valence-corrected chi connectivity index (χ0v) is 75.5. The summed E-state index contributed by atoms with van der Waals surface area (Å²) < 4.78 is 72.0. The molecule has 0 unspecified atom stereocenters. The van der Waals surface area contributed by atoms with Crippen LogP contribution in [-0.4, -0.2) is 386 Å². The number of aliphatic hydroxyl groups excluding tert-OH is 19. The van der Waals surface area contributed by atoms with Gasteiger partial charge in [0, 0.05) is 40.0 Å². The number of aliphatic carboxylic acids is 2. The quantitative estimate of drug-likeness (QED) is 0.0199. The van der Waals surface area contributed by atoms with Gasteiger partial charge in [-0.1, -0.05) is 180 Å². The van der Waals surface area contributed by atoms with E-state index in [-0.39, 0.29) is 18.7 Å². The molecule has 45 nitrogen and oxygen atoms in total. The molecule has 34 atom stereocenters. The van der Waals surface area contributed by atoms with Crippen LogP contribution in [0, 0.1) is 0 Å². The van der Waals surface area contributed by atoms with E-state index in [9.17, 15) is 136 Å². The van der Waals surface area contributed by atoms with Gasteiger partial charge in [-0.3, -0.25) is 19.2 Å². The minimum absolute atomic E-state index is 0. The molecule has 0 radical (unpaired) electrons. The third kappa shape index (κ3) is 34.2. The van der Waals surface area contributed by atoms with Gasteiger partial charge in [-0.25, -0.2) is 0 Å². The minimum atomic E-state index is -3.61. The Morgan fingerprint density at radius 2 is 0.775 bits per heavy atom. The van der Waals surface area contributed by atoms with Crippen LogP contribution in [0.5, 0.6) is 0 Å². The Morgan fingerprint density at radius 3 is 1.19 bits per heavy atom. The van der Waals surface area contributed by atoms with Crippen molar-refractivity contribution in [2.45, 2.75) is 435 Å². The molecule has 0 aromatic carbocycles. The number of carboxylic acids is 2. The Labute approximate surface area is 752 Å². The molecule has 6 aliphatic heterocycles. The second-order valence-corrected chi connectivity index (χ2v) is 34.2. The van der Waals surface area contributed by atoms with E-state index in [0.717, 1.165) is 85.0 Å². The van der Waals surface area contributed by atoms with Gasteiger partial charge in [-0.15, -0.1) is 0 Å². The third-order valence-corrected chi connectivity index (χ3v) is 24.0. The average Bonchev–Trinajstić information content (AvgIpc) is 0.736. The van der Waals surface area contributed by atoms with Crippen molar-refractivity contribution >= 4 is 35.6 Å². The molecule has 0 aromatic heterocycles. The highest BCUT2D eigenvalue weighted by Gasteiger charge is 2.62. The second kappa shape index (κ2) is 59.3. The van der Waals surface area contributed by atoms with Gasteiger partial charge in [0.2, 0.25) is 35.2 Å². The smallest absolute Gasteiger partial charge is 0.220 e. The van der Waals surface area contributed by atoms with E-state index in [1.54, 1.807) is 6.08 Å². The number of aliphatic hydroxyl groups is 19. The lowest BCUT2D eigenvalue weighted by molar-refractivity contribution is -0.422. The van der Waals surface area contributed by atoms with E-state index < -0.39 is 302 Å². The number of ether oxygens (including phenoxy) is 12. The summed E-state index contributed by atoms with van der Waals surface area (Å²) >= 11 is 0. The molecular weight excluding hydrogens is 1720 g/mol. The zero-order chi connectivity index (χ0) is 93.8. The van der Waals surface area contributed by atoms with Gasteiger partial charge < -0.3 is 207 Å². The van der Waals surface area contributed by atoms with Crippen molar-refractivity contribution in [3.05, 3.63) is 12.2 Å². The van der Waals surface area contributed by atoms with Crippen LogP contribution in [0.3, 0.4) is 0 Å². The van der Waals surface area contributed by atoms with Crippen LogP contribution in [0.4, 0.5) is 0 Å². The first-order chi connectivity index (χ1) is 60.6. The van der Waals surface area contributed by atoms with Gasteiger partial charge in [0.05, 0.1) is 82.7 Å². The first-order valence-corrected chi connectivity index (χ1v) is 45.2. The van der Waals surface area contributed by atoms with Crippen molar-refractivity contribution in [3.63, 3.8) is 0 Å². The van der Waals surface area contributed by atoms with Gasteiger partial charge in [-0.05, 0) is 19.3 Å². The number of nitrogens with one attached hydrogen (secondary N) is 4. The van der Waals surface area contributed by atoms with Gasteiger partial charge in [0.1, 0.15) is 146 Å². The molecule has 31 N–H and O–H groups in total. The number of allylic oxidation sites excluding steroid dienone is 1. The number of hydrogen-bond donors (Lipinski definition) is 25. The maximum atomic E-state index is 13.9. The summed E-state index contributed by atoms with van der Waals surface area (Å²) in [5.41, 5.74) is 0. The van der Waals surface area contributed by atoms with Crippen molar-refractivity contribution in [2.75, 3.05) is 46.2 Å². The van der Waals surface area contributed by atoms with Crippen LogP contribution in [0.1, 0.15) is 227 Å². The fourth-order valence-electron chi connectivity index (χ4n) is 16.9. The lowest BCUT2D eigenvalue weighted by atomic mass is 9.88. The molecule has 45 heteroatoms. The van der Waals surface area contributed by atoms with E-state index in [0.29, 0.717) is 12.8 Å². The monoisotopic (exact) mass is 1870 g/mol. The Bertz CT molecular complexity index is 3210. The summed E-state index contributed by atoms with van der Waals surface area (Å²) in [6.07, 6.45) is -33.2. The van der Waals surface area contributed by atoms with Crippen molar-refractivity contribution < 1.29 is 193 Å². The van der Waals surface area contributed by atoms with Crippen LogP contribution < -0.4 is 43.8 Å². The molecule has 0 saturated carbocycles. The summed E-state index contributed by atoms with van der Waals surface area (Å²) in [6.45, 7) is -0.992. The summed E-state index contributed by atoms with van der Waals surface area (Å²) in [6, 6.07) is -7.03. The number of carbonyl (C=O) groups is 6. The third-order valence-electron chi connectivity index (χ3n) is 24.0. The zero-order valence-electron chi connectivity index (χ0n) is 75.5. The van der Waals surface area contributed by atoms with E-state index in [1.807, 2.05) is 0 Å². The molecule has 6 fully saturated rings. The van der Waals surface area contributed by atoms with E-state index in [2.05, 4.69) is 35.1 Å². The molecular formula is C84H154N6O39. The van der Waals surface area contributed by atoms with Crippen molar-refractivity contribution in [3.8, 4) is 0 Å². The molecule has 0 bridgehead atoms. The second-order valence-electron chi connectivity index (χ2n) is 34.2. The van der Waals surface area contributed by atoms with Crippen molar-refractivity contribution in [1.82, 2.24) is 33.6 Å². The van der Waals surface area contributed by atoms with E-state index >= 15 is 0 Å². The van der Waals surface area contributed by atoms with Gasteiger partial charge in [0.15, 0.2) is 25.2 Å². The van der Waals surface area contributed by atoms with Gasteiger partial charge in [-0.2, -0.15) is 0 Å². The number of carbonyl (C=O) groups excluding carboxylic acids is 6. The molecule has 754 valence electrons. The normalized spacial score (nSPS) is 34.6. The molecule has 129 heavy (non-hydrogen) atoms. The summed E-state index contributed by atoms with van der Waals surface area (Å²) in [5.74, 6) is -15.3. The average molecular weight is 1870 g/mol. The van der Waals surface area contributed by atoms with Crippen LogP contribution in [0.15, 0.2) is 12.2 Å². The largest absolute Gasteiger partial charge is 0.544 e. The predicted molar refractivity (Wildman–Crippen MR) is 446 cm³/mol. The van der Waals surface area contributed by atoms with Gasteiger partial charge >= 0.3 is 0 Å².